The number of aliphatic hydroxyl groups excluding tert-OH is 5. The van der Waals surface area contributed by atoms with Crippen molar-refractivity contribution in [2.45, 2.75) is 102 Å². The molecule has 0 bridgehead atoms. The van der Waals surface area contributed by atoms with E-state index in [4.69, 9.17) is 9.47 Å². The summed E-state index contributed by atoms with van der Waals surface area (Å²) in [5.41, 5.74) is -1.62. The fourth-order valence-corrected chi connectivity index (χ4v) is 6.00. The van der Waals surface area contributed by atoms with E-state index in [1.54, 1.807) is 6.92 Å². The van der Waals surface area contributed by atoms with Crippen LogP contribution in [0.3, 0.4) is 0 Å². The normalized spacial score (nSPS) is 53.7. The molecule has 3 fully saturated rings. The Morgan fingerprint density at radius 1 is 1.00 bits per heavy atom. The molecule has 0 aromatic heterocycles. The molecule has 29 heavy (non-hydrogen) atoms. The lowest BCUT2D eigenvalue weighted by Gasteiger charge is -2.60. The molecule has 3 aliphatic rings. The van der Waals surface area contributed by atoms with Crippen LogP contribution in [-0.4, -0.2) is 85.8 Å². The Bertz CT molecular complexity index is 567. The molecule has 0 radical (unpaired) electrons. The molecule has 1 aliphatic heterocycles. The van der Waals surface area contributed by atoms with Gasteiger partial charge in [-0.15, -0.1) is 0 Å². The summed E-state index contributed by atoms with van der Waals surface area (Å²) in [6, 6.07) is 0. The first-order valence-electron chi connectivity index (χ1n) is 10.8. The van der Waals surface area contributed by atoms with Crippen molar-refractivity contribution in [2.24, 2.45) is 23.2 Å². The van der Waals surface area contributed by atoms with Crippen LogP contribution in [0.4, 0.5) is 0 Å². The third-order valence-electron chi connectivity index (χ3n) is 7.83. The highest BCUT2D eigenvalue weighted by atomic mass is 16.7. The van der Waals surface area contributed by atoms with E-state index >= 15 is 0 Å². The molecule has 6 N–H and O–H groups in total. The maximum atomic E-state index is 11.3. The van der Waals surface area contributed by atoms with Crippen LogP contribution in [0, 0.1) is 23.2 Å². The Hall–Kier alpha value is -0.320. The fraction of sp³-hybridized carbons (Fsp3) is 1.00. The molecule has 1 saturated heterocycles. The Morgan fingerprint density at radius 2 is 1.66 bits per heavy atom. The minimum Gasteiger partial charge on any atom is -0.394 e. The molecule has 2 aliphatic carbocycles. The molecular weight excluding hydrogens is 380 g/mol. The van der Waals surface area contributed by atoms with Crippen molar-refractivity contribution in [1.29, 1.82) is 0 Å². The van der Waals surface area contributed by atoms with Crippen LogP contribution in [0.1, 0.15) is 53.4 Å². The molecule has 8 nitrogen and oxygen atoms in total. The minimum absolute atomic E-state index is 0.0530. The molecule has 0 aromatic carbocycles. The molecule has 170 valence electrons. The summed E-state index contributed by atoms with van der Waals surface area (Å²) in [4.78, 5) is 0. The van der Waals surface area contributed by atoms with E-state index in [-0.39, 0.29) is 11.8 Å². The van der Waals surface area contributed by atoms with Gasteiger partial charge in [0.2, 0.25) is 0 Å². The molecule has 0 aromatic rings. The van der Waals surface area contributed by atoms with E-state index in [1.807, 2.05) is 6.92 Å². The van der Waals surface area contributed by atoms with Crippen LogP contribution >= 0.6 is 0 Å². The van der Waals surface area contributed by atoms with Crippen LogP contribution in [0.2, 0.25) is 0 Å². The number of aliphatic hydroxyl groups is 6. The van der Waals surface area contributed by atoms with Crippen molar-refractivity contribution in [2.75, 3.05) is 6.61 Å². The number of rotatable bonds is 4. The summed E-state index contributed by atoms with van der Waals surface area (Å²) in [5.74, 6) is -0.117. The smallest absolute Gasteiger partial charge is 0.186 e. The van der Waals surface area contributed by atoms with E-state index in [0.717, 1.165) is 12.8 Å². The van der Waals surface area contributed by atoms with Crippen molar-refractivity contribution >= 4 is 0 Å². The topological polar surface area (TPSA) is 140 Å². The van der Waals surface area contributed by atoms with Crippen LogP contribution in [0.5, 0.6) is 0 Å². The van der Waals surface area contributed by atoms with Gasteiger partial charge < -0.3 is 40.1 Å². The summed E-state index contributed by atoms with van der Waals surface area (Å²) >= 11 is 0. The third-order valence-corrected chi connectivity index (χ3v) is 7.83. The minimum atomic E-state index is -1.52. The summed E-state index contributed by atoms with van der Waals surface area (Å²) in [6.07, 6.45) is -5.37. The average Bonchev–Trinajstić information content (AvgIpc) is 2.65. The number of fused-ring (bicyclic) bond motifs is 1. The van der Waals surface area contributed by atoms with Crippen molar-refractivity contribution in [1.82, 2.24) is 0 Å². The first kappa shape index (κ1) is 23.3. The number of hydrogen-bond acceptors (Lipinski definition) is 8. The molecule has 2 saturated carbocycles. The maximum absolute atomic E-state index is 11.3. The van der Waals surface area contributed by atoms with Crippen molar-refractivity contribution in [3.05, 3.63) is 0 Å². The van der Waals surface area contributed by atoms with E-state index < -0.39 is 66.5 Å². The molecule has 8 heteroatoms. The highest BCUT2D eigenvalue weighted by Crippen LogP contribution is 2.57. The third kappa shape index (κ3) is 3.99. The molecule has 3 rings (SSSR count). The predicted octanol–water partition coefficient (Wildman–Crippen LogP) is -0.234. The quantitative estimate of drug-likeness (QED) is 0.368. The zero-order valence-electron chi connectivity index (χ0n) is 17.8. The fourth-order valence-electron chi connectivity index (χ4n) is 6.00. The number of hydrogen-bond donors (Lipinski definition) is 6. The molecule has 0 amide bonds. The second kappa shape index (κ2) is 8.31. The second-order valence-electron chi connectivity index (χ2n) is 10.1. The summed E-state index contributed by atoms with van der Waals surface area (Å²) in [5, 5.41) is 62.2. The van der Waals surface area contributed by atoms with E-state index in [0.29, 0.717) is 12.8 Å². The zero-order chi connectivity index (χ0) is 21.7. The lowest BCUT2D eigenvalue weighted by Crippen LogP contribution is -2.66. The standard InChI is InChI=1S/C21H38O8/c1-10(2)11-5-7-20(3)13(23)6-8-21(4,27)18(20)17(11)29-19-16(26)15(25)14(24)12(9-22)28-19/h10-19,22-27H,5-9H2,1-4H3/t11-,12+,13+,14+,15-,16+,17+,18+,19-,20-,21-/m0/s1. The van der Waals surface area contributed by atoms with E-state index in [9.17, 15) is 30.6 Å². The Balaban J connectivity index is 1.94. The van der Waals surface area contributed by atoms with Crippen molar-refractivity contribution in [3.8, 4) is 0 Å². The van der Waals surface area contributed by atoms with Gasteiger partial charge in [0.1, 0.15) is 24.4 Å². The first-order chi connectivity index (χ1) is 13.4. The SMILES string of the molecule is CC(C)[C@@H]1CC[C@@]2(C)[C@H](O)CC[C@](C)(O)[C@@H]2[C@@H]1O[C@@H]1O[C@H](CO)[C@@H](O)[C@H](O)[C@H]1O. The first-order valence-corrected chi connectivity index (χ1v) is 10.8. The van der Waals surface area contributed by atoms with Crippen molar-refractivity contribution < 1.29 is 40.1 Å². The van der Waals surface area contributed by atoms with Gasteiger partial charge in [-0.25, -0.2) is 0 Å². The van der Waals surface area contributed by atoms with E-state index in [1.165, 1.54) is 0 Å². The monoisotopic (exact) mass is 418 g/mol. The molecule has 0 spiro atoms. The molecule has 0 unspecified atom stereocenters. The van der Waals surface area contributed by atoms with Crippen LogP contribution in [0.25, 0.3) is 0 Å². The van der Waals surface area contributed by atoms with E-state index in [2.05, 4.69) is 13.8 Å². The van der Waals surface area contributed by atoms with Gasteiger partial charge in [-0.05, 0) is 44.4 Å². The van der Waals surface area contributed by atoms with Gasteiger partial charge in [0.15, 0.2) is 6.29 Å². The summed E-state index contributed by atoms with van der Waals surface area (Å²) < 4.78 is 11.9. The van der Waals surface area contributed by atoms with Crippen molar-refractivity contribution in [3.63, 3.8) is 0 Å². The summed E-state index contributed by atoms with van der Waals surface area (Å²) in [7, 11) is 0. The van der Waals surface area contributed by atoms with Gasteiger partial charge in [-0.3, -0.25) is 0 Å². The van der Waals surface area contributed by atoms with Crippen LogP contribution in [0.15, 0.2) is 0 Å². The Morgan fingerprint density at radius 3 is 2.24 bits per heavy atom. The average molecular weight is 419 g/mol. The van der Waals surface area contributed by atoms with Gasteiger partial charge >= 0.3 is 0 Å². The lowest BCUT2D eigenvalue weighted by atomic mass is 9.50. The highest BCUT2D eigenvalue weighted by Gasteiger charge is 2.61. The van der Waals surface area contributed by atoms with Gasteiger partial charge in [-0.1, -0.05) is 20.8 Å². The second-order valence-corrected chi connectivity index (χ2v) is 10.1. The zero-order valence-corrected chi connectivity index (χ0v) is 17.8. The highest BCUT2D eigenvalue weighted by molar-refractivity contribution is 5.09. The molecule has 1 heterocycles. The van der Waals surface area contributed by atoms with Crippen LogP contribution in [-0.2, 0) is 9.47 Å². The Kier molecular flexibility index (Phi) is 6.69. The lowest BCUT2D eigenvalue weighted by molar-refractivity contribution is -0.338. The van der Waals surface area contributed by atoms with Gasteiger partial charge in [0.05, 0.1) is 24.4 Å². The van der Waals surface area contributed by atoms with Gasteiger partial charge in [0.25, 0.3) is 0 Å². The number of ether oxygens (including phenoxy) is 2. The van der Waals surface area contributed by atoms with Gasteiger partial charge in [-0.2, -0.15) is 0 Å². The molecule has 11 atom stereocenters. The summed E-state index contributed by atoms with van der Waals surface area (Å²) in [6.45, 7) is 7.38. The largest absolute Gasteiger partial charge is 0.394 e. The predicted molar refractivity (Wildman–Crippen MR) is 104 cm³/mol. The van der Waals surface area contributed by atoms with Gasteiger partial charge in [0, 0.05) is 11.3 Å². The van der Waals surface area contributed by atoms with Crippen LogP contribution < -0.4 is 0 Å². The molecular formula is C21H38O8. The maximum Gasteiger partial charge on any atom is 0.186 e. The Labute approximate surface area is 172 Å².